The maximum absolute atomic E-state index is 14.4. The van der Waals surface area contributed by atoms with Gasteiger partial charge >= 0.3 is 0 Å². The van der Waals surface area contributed by atoms with Crippen LogP contribution in [0.4, 0.5) is 8.78 Å². The van der Waals surface area contributed by atoms with Crippen LogP contribution in [0.2, 0.25) is 0 Å². The number of aryl methyl sites for hydroxylation is 1. The molecule has 1 fully saturated rings. The fourth-order valence-corrected chi connectivity index (χ4v) is 8.06. The highest BCUT2D eigenvalue weighted by Crippen LogP contribution is 2.51. The minimum atomic E-state index is -4.05. The van der Waals surface area contributed by atoms with E-state index in [-0.39, 0.29) is 35.2 Å². The summed E-state index contributed by atoms with van der Waals surface area (Å²) in [5.41, 5.74) is 1.78. The van der Waals surface area contributed by atoms with Crippen LogP contribution in [0, 0.1) is 17.0 Å². The summed E-state index contributed by atoms with van der Waals surface area (Å²) < 4.78 is 58.6. The van der Waals surface area contributed by atoms with E-state index in [0.717, 1.165) is 22.9 Å². The van der Waals surface area contributed by atoms with Crippen LogP contribution in [-0.4, -0.2) is 60.3 Å². The summed E-state index contributed by atoms with van der Waals surface area (Å²) in [6.07, 6.45) is 7.30. The van der Waals surface area contributed by atoms with Crippen molar-refractivity contribution in [1.82, 2.24) is 34.1 Å². The lowest BCUT2D eigenvalue weighted by atomic mass is 9.60. The number of allylic oxidation sites excluding steroid dienone is 1. The monoisotopic (exact) mass is 593 g/mol. The molecule has 42 heavy (non-hydrogen) atoms. The van der Waals surface area contributed by atoms with Crippen molar-refractivity contribution >= 4 is 21.9 Å². The molecule has 6 rings (SSSR count). The number of fused-ring (bicyclic) bond motifs is 2. The number of hydrogen-bond acceptors (Lipinski definition) is 7. The summed E-state index contributed by atoms with van der Waals surface area (Å²) in [6.45, 7) is 3.57. The first-order chi connectivity index (χ1) is 20.0. The van der Waals surface area contributed by atoms with E-state index >= 15 is 0 Å². The SMILES string of the molecule is CC(C)N([C@H]1CCC2=Cc3c(cnn3-c3ccc(F)cc3)C[C@]2(C(=O)c2cc(F)ccn2)C1)S(=O)(=O)c1cnn(C)n1. The fraction of sp³-hybridized carbons (Fsp3) is 0.345. The molecule has 0 amide bonds. The second kappa shape index (κ2) is 10.3. The minimum absolute atomic E-state index is 0.0243. The van der Waals surface area contributed by atoms with Crippen molar-refractivity contribution in [2.24, 2.45) is 12.5 Å². The van der Waals surface area contributed by atoms with Crippen molar-refractivity contribution in [2.45, 2.75) is 56.6 Å². The lowest BCUT2D eigenvalue weighted by Crippen LogP contribution is -2.52. The highest BCUT2D eigenvalue weighted by Gasteiger charge is 2.52. The quantitative estimate of drug-likeness (QED) is 0.296. The van der Waals surface area contributed by atoms with Crippen molar-refractivity contribution in [1.29, 1.82) is 0 Å². The van der Waals surface area contributed by atoms with Gasteiger partial charge in [-0.3, -0.25) is 9.78 Å². The molecule has 4 aromatic rings. The van der Waals surface area contributed by atoms with Gasteiger partial charge in [0.1, 0.15) is 17.3 Å². The zero-order valence-corrected chi connectivity index (χ0v) is 24.1. The van der Waals surface area contributed by atoms with Crippen LogP contribution in [0.3, 0.4) is 0 Å². The van der Waals surface area contributed by atoms with Crippen LogP contribution in [0.1, 0.15) is 54.9 Å². The molecule has 0 spiro atoms. The molecule has 218 valence electrons. The van der Waals surface area contributed by atoms with Crippen molar-refractivity contribution in [3.8, 4) is 5.69 Å². The molecule has 3 heterocycles. The van der Waals surface area contributed by atoms with Gasteiger partial charge in [0.25, 0.3) is 10.0 Å². The van der Waals surface area contributed by atoms with Crippen LogP contribution >= 0.6 is 0 Å². The van der Waals surface area contributed by atoms with Crippen LogP contribution in [0.5, 0.6) is 0 Å². The average Bonchev–Trinajstić information content (AvgIpc) is 3.57. The molecule has 1 aromatic carbocycles. The first-order valence-corrected chi connectivity index (χ1v) is 15.0. The Bertz CT molecular complexity index is 1810. The number of benzene rings is 1. The van der Waals surface area contributed by atoms with Crippen LogP contribution in [0.15, 0.2) is 65.6 Å². The molecule has 2 aliphatic rings. The molecule has 13 heteroatoms. The molecule has 0 bridgehead atoms. The number of hydrogen-bond donors (Lipinski definition) is 0. The predicted octanol–water partition coefficient (Wildman–Crippen LogP) is 4.13. The Kier molecular flexibility index (Phi) is 6.89. The van der Waals surface area contributed by atoms with Gasteiger partial charge < -0.3 is 0 Å². The van der Waals surface area contributed by atoms with Gasteiger partial charge in [0.05, 0.1) is 29.2 Å². The lowest BCUT2D eigenvalue weighted by Gasteiger charge is -2.47. The molecule has 0 saturated heterocycles. The molecule has 0 unspecified atom stereocenters. The Morgan fingerprint density at radius 1 is 1.10 bits per heavy atom. The smallest absolute Gasteiger partial charge is 0.264 e. The van der Waals surface area contributed by atoms with E-state index in [0.29, 0.717) is 18.5 Å². The number of carbonyl (C=O) groups excluding carboxylic acids is 1. The maximum atomic E-state index is 14.4. The van der Waals surface area contributed by atoms with Crippen LogP contribution in [0.25, 0.3) is 11.8 Å². The van der Waals surface area contributed by atoms with Crippen molar-refractivity contribution in [3.63, 3.8) is 0 Å². The lowest BCUT2D eigenvalue weighted by molar-refractivity contribution is 0.0722. The summed E-state index contributed by atoms with van der Waals surface area (Å²) in [5.74, 6) is -1.33. The largest absolute Gasteiger partial charge is 0.291 e. The van der Waals surface area contributed by atoms with E-state index < -0.39 is 33.3 Å². The molecule has 3 aromatic heterocycles. The Balaban J connectivity index is 1.46. The van der Waals surface area contributed by atoms with Crippen LogP contribution < -0.4 is 0 Å². The third-order valence-electron chi connectivity index (χ3n) is 8.08. The third-order valence-corrected chi connectivity index (χ3v) is 10.1. The predicted molar refractivity (Wildman–Crippen MR) is 149 cm³/mol. The summed E-state index contributed by atoms with van der Waals surface area (Å²) in [6, 6.07) is 7.26. The number of Topliss-reactive ketones (excluding diaryl/α,β-unsaturated/α-hetero) is 1. The Morgan fingerprint density at radius 2 is 1.86 bits per heavy atom. The van der Waals surface area contributed by atoms with E-state index in [1.54, 1.807) is 43.9 Å². The molecule has 0 N–H and O–H groups in total. The van der Waals surface area contributed by atoms with Gasteiger partial charge in [-0.05, 0) is 81.5 Å². The standard InChI is InChI=1S/C29H29F2N7O3S/c1-18(2)38(42(40,41)27-17-33-36(3)35-27)24-7-4-20-12-26-19(16-34-37(26)23-8-5-21(30)6-9-23)14-29(20,15-24)28(39)25-13-22(31)10-11-32-25/h5-6,8-13,16-18,24H,4,7,14-15H2,1-3H3/t24-,29-/m0/s1. The fourth-order valence-electron chi connectivity index (χ4n) is 6.31. The van der Waals surface area contributed by atoms with Gasteiger partial charge in [0.15, 0.2) is 5.78 Å². The zero-order valence-electron chi connectivity index (χ0n) is 23.3. The summed E-state index contributed by atoms with van der Waals surface area (Å²) in [7, 11) is -2.51. The minimum Gasteiger partial charge on any atom is -0.291 e. The first kappa shape index (κ1) is 28.0. The molecular weight excluding hydrogens is 564 g/mol. The normalized spacial score (nSPS) is 20.4. The van der Waals surface area contributed by atoms with E-state index in [9.17, 15) is 22.0 Å². The number of nitrogens with zero attached hydrogens (tertiary/aromatic N) is 7. The highest BCUT2D eigenvalue weighted by molar-refractivity contribution is 7.89. The van der Waals surface area contributed by atoms with Gasteiger partial charge in [-0.15, -0.1) is 5.10 Å². The highest BCUT2D eigenvalue weighted by atomic mass is 32.2. The van der Waals surface area contributed by atoms with Crippen molar-refractivity contribution in [3.05, 3.63) is 89.1 Å². The van der Waals surface area contributed by atoms with Gasteiger partial charge in [-0.2, -0.15) is 19.3 Å². The second-order valence-electron chi connectivity index (χ2n) is 11.1. The second-order valence-corrected chi connectivity index (χ2v) is 12.8. The average molecular weight is 594 g/mol. The number of carbonyl (C=O) groups is 1. The molecule has 0 aliphatic heterocycles. The molecule has 2 atom stereocenters. The van der Waals surface area contributed by atoms with E-state index in [2.05, 4.69) is 20.3 Å². The molecule has 0 radical (unpaired) electrons. The first-order valence-electron chi connectivity index (χ1n) is 13.6. The number of ketones is 1. The van der Waals surface area contributed by atoms with E-state index in [1.807, 2.05) is 6.08 Å². The number of sulfonamides is 1. The third kappa shape index (κ3) is 4.66. The topological polar surface area (TPSA) is 116 Å². The Morgan fingerprint density at radius 3 is 2.52 bits per heavy atom. The Labute approximate surface area is 241 Å². The van der Waals surface area contributed by atoms with Crippen molar-refractivity contribution < 1.29 is 22.0 Å². The van der Waals surface area contributed by atoms with Gasteiger partial charge in [-0.1, -0.05) is 5.57 Å². The van der Waals surface area contributed by atoms with Gasteiger partial charge in [0, 0.05) is 31.4 Å². The number of pyridine rings is 1. The summed E-state index contributed by atoms with van der Waals surface area (Å²) in [5, 5.41) is 12.4. The molecule has 2 aliphatic carbocycles. The van der Waals surface area contributed by atoms with Gasteiger partial charge in [0.2, 0.25) is 5.03 Å². The van der Waals surface area contributed by atoms with E-state index in [4.69, 9.17) is 0 Å². The number of aromatic nitrogens is 6. The Hall–Kier alpha value is -4.10. The van der Waals surface area contributed by atoms with Crippen molar-refractivity contribution in [2.75, 3.05) is 0 Å². The number of halogens is 2. The van der Waals surface area contributed by atoms with Crippen LogP contribution in [-0.2, 0) is 23.5 Å². The summed E-state index contributed by atoms with van der Waals surface area (Å²) >= 11 is 0. The zero-order chi connectivity index (χ0) is 29.8. The van der Waals surface area contributed by atoms with Gasteiger partial charge in [-0.25, -0.2) is 21.9 Å². The molecular formula is C29H29F2N7O3S. The molecule has 1 saturated carbocycles. The maximum Gasteiger partial charge on any atom is 0.264 e. The summed E-state index contributed by atoms with van der Waals surface area (Å²) in [4.78, 5) is 19.7. The molecule has 10 nitrogen and oxygen atoms in total. The van der Waals surface area contributed by atoms with E-state index in [1.165, 1.54) is 39.7 Å². The number of rotatable bonds is 7.